The van der Waals surface area contributed by atoms with Crippen molar-refractivity contribution in [3.05, 3.63) is 53.3 Å². The molecule has 0 aliphatic rings. The summed E-state index contributed by atoms with van der Waals surface area (Å²) >= 11 is 13.6. The molecule has 0 saturated heterocycles. The first-order valence-corrected chi connectivity index (χ1v) is 8.41. The molecule has 0 fully saturated rings. The van der Waals surface area contributed by atoms with Gasteiger partial charge in [-0.05, 0) is 75.3 Å². The summed E-state index contributed by atoms with van der Waals surface area (Å²) in [7, 11) is 0. The SMILES string of the molecule is Oc1ccccc1Cc1c(O)c(Br)c(Br)c(Br)c1Br. The average Bonchev–Trinajstić information content (AvgIpc) is 2.41. The molecular weight excluding hydrogens is 508 g/mol. The lowest BCUT2D eigenvalue weighted by atomic mass is 10.0. The highest BCUT2D eigenvalue weighted by Crippen LogP contribution is 2.46. The smallest absolute Gasteiger partial charge is 0.135 e. The van der Waals surface area contributed by atoms with Crippen molar-refractivity contribution in [3.8, 4) is 11.5 Å². The Morgan fingerprint density at radius 3 is 2.00 bits per heavy atom. The minimum absolute atomic E-state index is 0.144. The Morgan fingerprint density at radius 2 is 1.37 bits per heavy atom. The van der Waals surface area contributed by atoms with Crippen LogP contribution in [0.1, 0.15) is 11.1 Å². The third-order valence-electron chi connectivity index (χ3n) is 2.70. The first-order valence-electron chi connectivity index (χ1n) is 5.24. The predicted octanol–water partition coefficient (Wildman–Crippen LogP) is 5.74. The number of benzene rings is 2. The van der Waals surface area contributed by atoms with Crippen LogP contribution >= 0.6 is 63.7 Å². The third-order valence-corrected chi connectivity index (χ3v) is 7.53. The van der Waals surface area contributed by atoms with Crippen molar-refractivity contribution in [1.82, 2.24) is 0 Å². The molecule has 0 aromatic heterocycles. The maximum atomic E-state index is 10.2. The van der Waals surface area contributed by atoms with E-state index in [1.807, 2.05) is 12.1 Å². The van der Waals surface area contributed by atoms with Crippen LogP contribution in [0.5, 0.6) is 11.5 Å². The van der Waals surface area contributed by atoms with Crippen molar-refractivity contribution in [2.75, 3.05) is 0 Å². The number of hydrogen-bond acceptors (Lipinski definition) is 2. The number of aromatic hydroxyl groups is 2. The Morgan fingerprint density at radius 1 is 0.789 bits per heavy atom. The van der Waals surface area contributed by atoms with Gasteiger partial charge in [0.25, 0.3) is 0 Å². The van der Waals surface area contributed by atoms with Gasteiger partial charge >= 0.3 is 0 Å². The third kappa shape index (κ3) is 3.01. The van der Waals surface area contributed by atoms with Crippen LogP contribution in [0.4, 0.5) is 0 Å². The zero-order valence-electron chi connectivity index (χ0n) is 9.42. The summed E-state index contributed by atoms with van der Waals surface area (Å²) in [4.78, 5) is 0. The molecule has 0 aliphatic heterocycles. The van der Waals surface area contributed by atoms with Gasteiger partial charge in [0.15, 0.2) is 0 Å². The monoisotopic (exact) mass is 512 g/mol. The Balaban J connectivity index is 2.56. The van der Waals surface area contributed by atoms with E-state index in [9.17, 15) is 10.2 Å². The summed E-state index contributed by atoms with van der Waals surface area (Å²) in [5.41, 5.74) is 1.45. The van der Waals surface area contributed by atoms with E-state index in [1.54, 1.807) is 12.1 Å². The van der Waals surface area contributed by atoms with Crippen LogP contribution in [0.15, 0.2) is 42.2 Å². The lowest BCUT2D eigenvalue weighted by molar-refractivity contribution is 0.460. The fraction of sp³-hybridized carbons (Fsp3) is 0.0769. The van der Waals surface area contributed by atoms with Gasteiger partial charge in [-0.25, -0.2) is 0 Å². The Hall–Kier alpha value is -0.0400. The normalized spacial score (nSPS) is 10.7. The minimum Gasteiger partial charge on any atom is -0.508 e. The van der Waals surface area contributed by atoms with E-state index < -0.39 is 0 Å². The highest BCUT2D eigenvalue weighted by molar-refractivity contribution is 9.15. The number of halogens is 4. The fourth-order valence-electron chi connectivity index (χ4n) is 1.68. The molecular formula is C13H8Br4O2. The molecule has 0 unspecified atom stereocenters. The van der Waals surface area contributed by atoms with Crippen molar-refractivity contribution in [3.63, 3.8) is 0 Å². The molecule has 2 nitrogen and oxygen atoms in total. The lowest BCUT2D eigenvalue weighted by Gasteiger charge is -2.14. The van der Waals surface area contributed by atoms with E-state index in [0.717, 1.165) is 19.0 Å². The molecule has 2 aromatic rings. The van der Waals surface area contributed by atoms with Gasteiger partial charge in [0.2, 0.25) is 0 Å². The summed E-state index contributed by atoms with van der Waals surface area (Å²) in [5.74, 6) is 0.356. The van der Waals surface area contributed by atoms with Crippen LogP contribution in [0, 0.1) is 0 Å². The van der Waals surface area contributed by atoms with E-state index in [1.165, 1.54) is 0 Å². The Labute approximate surface area is 144 Å². The van der Waals surface area contributed by atoms with E-state index in [2.05, 4.69) is 63.7 Å². The standard InChI is InChI=1S/C13H8Br4O2/c14-9-7(5-6-3-1-2-4-8(6)18)13(19)12(17)11(16)10(9)15/h1-4,18-19H,5H2. The van der Waals surface area contributed by atoms with Crippen molar-refractivity contribution in [2.24, 2.45) is 0 Å². The number of phenols is 2. The van der Waals surface area contributed by atoms with Gasteiger partial charge in [-0.15, -0.1) is 0 Å². The second kappa shape index (κ2) is 6.16. The molecule has 0 saturated carbocycles. The minimum atomic E-state index is 0.144. The molecule has 0 spiro atoms. The first-order chi connectivity index (χ1) is 8.93. The molecule has 0 atom stereocenters. The first kappa shape index (κ1) is 15.4. The van der Waals surface area contributed by atoms with E-state index in [4.69, 9.17) is 0 Å². The molecule has 0 radical (unpaired) electrons. The Kier molecular flexibility index (Phi) is 4.98. The number of rotatable bonds is 2. The van der Waals surface area contributed by atoms with Crippen molar-refractivity contribution >= 4 is 63.7 Å². The highest BCUT2D eigenvalue weighted by atomic mass is 79.9. The van der Waals surface area contributed by atoms with Crippen LogP contribution < -0.4 is 0 Å². The van der Waals surface area contributed by atoms with Crippen LogP contribution in [0.3, 0.4) is 0 Å². The van der Waals surface area contributed by atoms with Crippen molar-refractivity contribution in [1.29, 1.82) is 0 Å². The molecule has 19 heavy (non-hydrogen) atoms. The zero-order chi connectivity index (χ0) is 14.2. The molecule has 0 heterocycles. The largest absolute Gasteiger partial charge is 0.508 e. The van der Waals surface area contributed by atoms with Gasteiger partial charge in [0, 0.05) is 20.9 Å². The average molecular weight is 516 g/mol. The summed E-state index contributed by atoms with van der Waals surface area (Å²) in [6.45, 7) is 0. The zero-order valence-corrected chi connectivity index (χ0v) is 15.8. The van der Waals surface area contributed by atoms with Gasteiger partial charge in [-0.1, -0.05) is 18.2 Å². The Bertz CT molecular complexity index is 612. The predicted molar refractivity (Wildman–Crippen MR) is 89.8 cm³/mol. The number of para-hydroxylation sites is 1. The maximum absolute atomic E-state index is 10.2. The molecule has 100 valence electrons. The molecule has 2 N–H and O–H groups in total. The summed E-state index contributed by atoms with van der Waals surface area (Å²) in [6.07, 6.45) is 0.420. The number of phenolic OH excluding ortho intramolecular Hbond substituents is 2. The fourth-order valence-corrected chi connectivity index (χ4v) is 4.00. The van der Waals surface area contributed by atoms with E-state index in [-0.39, 0.29) is 11.5 Å². The molecule has 2 aromatic carbocycles. The summed E-state index contributed by atoms with van der Waals surface area (Å²) in [6, 6.07) is 7.07. The van der Waals surface area contributed by atoms with Gasteiger partial charge < -0.3 is 10.2 Å². The van der Waals surface area contributed by atoms with E-state index >= 15 is 0 Å². The molecule has 0 bridgehead atoms. The quantitative estimate of drug-likeness (QED) is 0.396. The maximum Gasteiger partial charge on any atom is 0.135 e. The second-order valence-electron chi connectivity index (χ2n) is 3.89. The topological polar surface area (TPSA) is 40.5 Å². The van der Waals surface area contributed by atoms with Crippen molar-refractivity contribution < 1.29 is 10.2 Å². The van der Waals surface area contributed by atoms with Crippen molar-refractivity contribution in [2.45, 2.75) is 6.42 Å². The summed E-state index contributed by atoms with van der Waals surface area (Å²) < 4.78 is 2.87. The second-order valence-corrected chi connectivity index (χ2v) is 7.06. The van der Waals surface area contributed by atoms with Crippen LogP contribution in [0.2, 0.25) is 0 Å². The van der Waals surface area contributed by atoms with Gasteiger partial charge in [-0.2, -0.15) is 0 Å². The van der Waals surface area contributed by atoms with Gasteiger partial charge in [0.1, 0.15) is 11.5 Å². The molecule has 0 amide bonds. The van der Waals surface area contributed by atoms with Crippen LogP contribution in [-0.4, -0.2) is 10.2 Å². The summed E-state index contributed by atoms with van der Waals surface area (Å²) in [5, 5.41) is 20.0. The van der Waals surface area contributed by atoms with E-state index in [0.29, 0.717) is 16.5 Å². The van der Waals surface area contributed by atoms with Gasteiger partial charge in [-0.3, -0.25) is 0 Å². The molecule has 0 aliphatic carbocycles. The van der Waals surface area contributed by atoms with Crippen LogP contribution in [-0.2, 0) is 6.42 Å². The molecule has 2 rings (SSSR count). The highest BCUT2D eigenvalue weighted by Gasteiger charge is 2.19. The van der Waals surface area contributed by atoms with Crippen LogP contribution in [0.25, 0.3) is 0 Å². The lowest BCUT2D eigenvalue weighted by Crippen LogP contribution is -1.94. The molecule has 6 heteroatoms. The van der Waals surface area contributed by atoms with Gasteiger partial charge in [0.05, 0.1) is 8.95 Å². The number of hydrogen-bond donors (Lipinski definition) is 2.